The Kier molecular flexibility index (Phi) is 6.79. The first-order chi connectivity index (χ1) is 8.05. The summed E-state index contributed by atoms with van der Waals surface area (Å²) in [5.41, 5.74) is 0.210. The van der Waals surface area contributed by atoms with Crippen LogP contribution in [0.2, 0.25) is 39.3 Å². The van der Waals surface area contributed by atoms with Crippen LogP contribution in [0.15, 0.2) is 5.16 Å². The van der Waals surface area contributed by atoms with Gasteiger partial charge in [-0.25, -0.2) is 4.79 Å². The summed E-state index contributed by atoms with van der Waals surface area (Å²) in [6, 6.07) is 0. The Balaban J connectivity index is 4.67. The van der Waals surface area contributed by atoms with E-state index in [9.17, 15) is 4.79 Å². The molecular formula is C11H25NO4Si2. The van der Waals surface area contributed by atoms with E-state index < -0.39 is 22.6 Å². The first kappa shape index (κ1) is 17.3. The molecule has 0 amide bonds. The van der Waals surface area contributed by atoms with Crippen LogP contribution in [0.4, 0.5) is 0 Å². The van der Waals surface area contributed by atoms with Gasteiger partial charge >= 0.3 is 5.97 Å². The average molecular weight is 291 g/mol. The molecule has 0 aromatic carbocycles. The maximum absolute atomic E-state index is 11.7. The molecule has 0 rings (SSSR count). The van der Waals surface area contributed by atoms with E-state index in [-0.39, 0.29) is 12.3 Å². The third-order valence-electron chi connectivity index (χ3n) is 1.58. The van der Waals surface area contributed by atoms with Crippen LogP contribution in [0.5, 0.6) is 0 Å². The zero-order valence-corrected chi connectivity index (χ0v) is 14.5. The second-order valence-electron chi connectivity index (χ2n) is 5.86. The van der Waals surface area contributed by atoms with Crippen LogP contribution in [0.1, 0.15) is 6.92 Å². The molecule has 0 aromatic rings. The van der Waals surface area contributed by atoms with Gasteiger partial charge < -0.3 is 13.7 Å². The second-order valence-corrected chi connectivity index (χ2v) is 14.8. The van der Waals surface area contributed by atoms with E-state index in [4.69, 9.17) is 13.7 Å². The summed E-state index contributed by atoms with van der Waals surface area (Å²) in [4.78, 5) is 11.7. The molecule has 5 nitrogen and oxygen atoms in total. The highest BCUT2D eigenvalue weighted by molar-refractivity contribution is 6.70. The standard InChI is InChI=1S/C11H25NO4Si2/c1-8-14-11(13)10(9-15-17(2,3)4)12-16-18(5,6)7/h8-9H2,1-7H3/b12-10+. The Morgan fingerprint density at radius 1 is 1.06 bits per heavy atom. The van der Waals surface area contributed by atoms with Gasteiger partial charge in [-0.1, -0.05) is 5.16 Å². The van der Waals surface area contributed by atoms with Crippen molar-refractivity contribution in [1.82, 2.24) is 0 Å². The lowest BCUT2D eigenvalue weighted by Gasteiger charge is -2.18. The highest BCUT2D eigenvalue weighted by atomic mass is 28.4. The predicted octanol–water partition coefficient (Wildman–Crippen LogP) is 2.61. The van der Waals surface area contributed by atoms with Crippen molar-refractivity contribution in [3.63, 3.8) is 0 Å². The smallest absolute Gasteiger partial charge is 0.358 e. The number of carbonyl (C=O) groups excluding carboxylic acids is 1. The number of nitrogens with zero attached hydrogens (tertiary/aromatic N) is 1. The van der Waals surface area contributed by atoms with Crippen molar-refractivity contribution in [3.8, 4) is 0 Å². The van der Waals surface area contributed by atoms with Crippen molar-refractivity contribution in [2.24, 2.45) is 5.16 Å². The zero-order chi connectivity index (χ0) is 14.4. The molecule has 0 saturated heterocycles. The quantitative estimate of drug-likeness (QED) is 0.313. The highest BCUT2D eigenvalue weighted by Gasteiger charge is 2.22. The van der Waals surface area contributed by atoms with Gasteiger partial charge in [0.2, 0.25) is 0 Å². The van der Waals surface area contributed by atoms with Crippen molar-refractivity contribution >= 4 is 28.3 Å². The minimum Gasteiger partial charge on any atom is -0.461 e. The summed E-state index contributed by atoms with van der Waals surface area (Å²) in [7, 11) is -3.50. The molecule has 106 valence electrons. The van der Waals surface area contributed by atoms with Crippen LogP contribution in [-0.4, -0.2) is 41.5 Å². The van der Waals surface area contributed by atoms with Gasteiger partial charge in [0, 0.05) is 0 Å². The summed E-state index contributed by atoms with van der Waals surface area (Å²) in [5.74, 6) is -0.464. The fraction of sp³-hybridized carbons (Fsp3) is 0.818. The Morgan fingerprint density at radius 3 is 2.00 bits per heavy atom. The summed E-state index contributed by atoms with van der Waals surface area (Å²) >= 11 is 0. The molecule has 0 aromatic heterocycles. The maximum atomic E-state index is 11.7. The molecule has 0 aliphatic rings. The van der Waals surface area contributed by atoms with Crippen molar-refractivity contribution < 1.29 is 18.5 Å². The normalized spacial score (nSPS) is 13.4. The molecule has 0 aliphatic carbocycles. The van der Waals surface area contributed by atoms with Crippen molar-refractivity contribution in [1.29, 1.82) is 0 Å². The lowest BCUT2D eigenvalue weighted by Crippen LogP contribution is -2.33. The van der Waals surface area contributed by atoms with Gasteiger partial charge in [-0.05, 0) is 46.2 Å². The lowest BCUT2D eigenvalue weighted by atomic mass is 10.4. The number of rotatable bonds is 7. The zero-order valence-electron chi connectivity index (χ0n) is 12.5. The molecule has 0 bridgehead atoms. The third-order valence-corrected chi connectivity index (χ3v) is 3.23. The van der Waals surface area contributed by atoms with E-state index in [2.05, 4.69) is 24.8 Å². The minimum atomic E-state index is -1.80. The van der Waals surface area contributed by atoms with E-state index in [0.717, 1.165) is 0 Å². The summed E-state index contributed by atoms with van der Waals surface area (Å²) in [6.07, 6.45) is 0. The number of hydrogen-bond acceptors (Lipinski definition) is 5. The molecule has 0 radical (unpaired) electrons. The highest BCUT2D eigenvalue weighted by Crippen LogP contribution is 2.06. The van der Waals surface area contributed by atoms with Gasteiger partial charge in [-0.3, -0.25) is 0 Å². The third kappa shape index (κ3) is 9.37. The Bertz CT molecular complexity index is 305. The van der Waals surface area contributed by atoms with E-state index in [1.807, 2.05) is 19.6 Å². The Hall–Kier alpha value is -0.666. The van der Waals surface area contributed by atoms with Gasteiger partial charge in [0.15, 0.2) is 14.0 Å². The molecule has 0 aliphatic heterocycles. The van der Waals surface area contributed by atoms with Gasteiger partial charge in [0.05, 0.1) is 13.2 Å². The fourth-order valence-corrected chi connectivity index (χ4v) is 1.77. The minimum absolute atomic E-state index is 0.152. The molecular weight excluding hydrogens is 266 g/mol. The van der Waals surface area contributed by atoms with Gasteiger partial charge in [-0.2, -0.15) is 0 Å². The number of oxime groups is 1. The molecule has 7 heteroatoms. The number of ether oxygens (including phenoxy) is 1. The fourth-order valence-electron chi connectivity index (χ4n) is 0.814. The van der Waals surface area contributed by atoms with Crippen LogP contribution in [0, 0.1) is 0 Å². The summed E-state index contributed by atoms with van der Waals surface area (Å²) in [6.45, 7) is 14.4. The summed E-state index contributed by atoms with van der Waals surface area (Å²) in [5, 5.41) is 3.92. The number of hydrogen-bond donors (Lipinski definition) is 0. The van der Waals surface area contributed by atoms with Gasteiger partial charge in [-0.15, -0.1) is 0 Å². The van der Waals surface area contributed by atoms with Gasteiger partial charge in [0.1, 0.15) is 0 Å². The largest absolute Gasteiger partial charge is 0.461 e. The number of carbonyl (C=O) groups is 1. The molecule has 0 fully saturated rings. The topological polar surface area (TPSA) is 57.1 Å². The monoisotopic (exact) mass is 291 g/mol. The van der Waals surface area contributed by atoms with Crippen molar-refractivity contribution in [2.45, 2.75) is 46.2 Å². The molecule has 0 atom stereocenters. The Morgan fingerprint density at radius 2 is 1.61 bits per heavy atom. The molecule has 0 N–H and O–H groups in total. The van der Waals surface area contributed by atoms with E-state index >= 15 is 0 Å². The van der Waals surface area contributed by atoms with E-state index in [1.54, 1.807) is 6.92 Å². The molecule has 0 spiro atoms. The van der Waals surface area contributed by atoms with Crippen molar-refractivity contribution in [3.05, 3.63) is 0 Å². The first-order valence-corrected chi connectivity index (χ1v) is 12.9. The van der Waals surface area contributed by atoms with Crippen molar-refractivity contribution in [2.75, 3.05) is 13.2 Å². The van der Waals surface area contributed by atoms with Crippen LogP contribution in [0.25, 0.3) is 0 Å². The van der Waals surface area contributed by atoms with Crippen LogP contribution < -0.4 is 0 Å². The van der Waals surface area contributed by atoms with E-state index in [1.165, 1.54) is 0 Å². The lowest BCUT2D eigenvalue weighted by molar-refractivity contribution is -0.135. The second kappa shape index (κ2) is 7.05. The molecule has 18 heavy (non-hydrogen) atoms. The SMILES string of the molecule is CCOC(=O)/C(CO[Si](C)(C)C)=N/O[Si](C)(C)C. The Labute approximate surface area is 112 Å². The van der Waals surface area contributed by atoms with E-state index in [0.29, 0.717) is 6.61 Å². The average Bonchev–Trinajstić information content (AvgIpc) is 2.14. The van der Waals surface area contributed by atoms with Crippen LogP contribution in [-0.2, 0) is 18.5 Å². The van der Waals surface area contributed by atoms with Crippen LogP contribution in [0.3, 0.4) is 0 Å². The first-order valence-electron chi connectivity index (χ1n) is 6.11. The maximum Gasteiger partial charge on any atom is 0.358 e. The summed E-state index contributed by atoms with van der Waals surface area (Å²) < 4.78 is 16.0. The molecule has 0 heterocycles. The molecule has 0 unspecified atom stereocenters. The predicted molar refractivity (Wildman–Crippen MR) is 77.8 cm³/mol. The number of esters is 1. The molecule has 0 saturated carbocycles. The van der Waals surface area contributed by atoms with Gasteiger partial charge in [0.25, 0.3) is 8.32 Å². The van der Waals surface area contributed by atoms with Crippen LogP contribution >= 0.6 is 0 Å².